The summed E-state index contributed by atoms with van der Waals surface area (Å²) in [7, 11) is 0. The minimum atomic E-state index is 1.03. The van der Waals surface area contributed by atoms with Crippen LogP contribution in [-0.4, -0.2) is 23.9 Å². The first-order chi connectivity index (χ1) is 5.85. The molecule has 0 unspecified atom stereocenters. The van der Waals surface area contributed by atoms with Gasteiger partial charge in [-0.1, -0.05) is 13.5 Å². The molecule has 0 aromatic carbocycles. The molecular formula is C10H18NO+. The van der Waals surface area contributed by atoms with E-state index in [9.17, 15) is 0 Å². The third-order valence-corrected chi connectivity index (χ3v) is 1.47. The molecule has 0 radical (unpaired) electrons. The van der Waals surface area contributed by atoms with Crippen molar-refractivity contribution in [1.82, 2.24) is 0 Å². The van der Waals surface area contributed by atoms with Crippen molar-refractivity contribution in [3.63, 3.8) is 0 Å². The molecule has 0 heterocycles. The second kappa shape index (κ2) is 8.05. The van der Waals surface area contributed by atoms with E-state index in [1.807, 2.05) is 12.3 Å². The molecule has 0 aliphatic carbocycles. The maximum Gasteiger partial charge on any atom is 0.166 e. The average molecular weight is 168 g/mol. The second-order valence-corrected chi connectivity index (χ2v) is 2.41. The highest BCUT2D eigenvalue weighted by Crippen LogP contribution is 1.81. The molecule has 0 saturated carbocycles. The summed E-state index contributed by atoms with van der Waals surface area (Å²) in [6.07, 6.45) is 8.08. The van der Waals surface area contributed by atoms with Crippen LogP contribution in [-0.2, 0) is 4.74 Å². The van der Waals surface area contributed by atoms with Gasteiger partial charge in [-0.25, -0.2) is 4.58 Å². The molecule has 0 aromatic rings. The molecule has 0 amide bonds. The smallest absolute Gasteiger partial charge is 0.166 e. The van der Waals surface area contributed by atoms with E-state index in [-0.39, 0.29) is 0 Å². The molecule has 0 rings (SSSR count). The Morgan fingerprint density at radius 3 is 2.67 bits per heavy atom. The van der Waals surface area contributed by atoms with Crippen LogP contribution >= 0.6 is 0 Å². The lowest BCUT2D eigenvalue weighted by Gasteiger charge is -1.95. The fourth-order valence-electron chi connectivity index (χ4n) is 0.883. The lowest BCUT2D eigenvalue weighted by atomic mass is 10.4. The number of rotatable bonds is 6. The lowest BCUT2D eigenvalue weighted by Crippen LogP contribution is -2.12. The Hall–Kier alpha value is -1.05. The summed E-state index contributed by atoms with van der Waals surface area (Å²) in [6.45, 7) is 9.86. The first kappa shape index (κ1) is 11.0. The Morgan fingerprint density at radius 2 is 2.17 bits per heavy atom. The third kappa shape index (κ3) is 5.71. The maximum atomic E-state index is 4.83. The topological polar surface area (TPSA) is 12.2 Å². The highest BCUT2D eigenvalue weighted by molar-refractivity contribution is 5.65. The van der Waals surface area contributed by atoms with E-state index in [4.69, 9.17) is 4.74 Å². The molecular weight excluding hydrogens is 150 g/mol. The number of hydrogen-bond acceptors (Lipinski definition) is 1. The third-order valence-electron chi connectivity index (χ3n) is 1.47. The first-order valence-electron chi connectivity index (χ1n) is 4.35. The molecule has 68 valence electrons. The largest absolute Gasteiger partial charge is 0.473 e. The highest BCUT2D eigenvalue weighted by atomic mass is 16.5. The van der Waals surface area contributed by atoms with Gasteiger partial charge >= 0.3 is 0 Å². The lowest BCUT2D eigenvalue weighted by molar-refractivity contribution is -0.519. The maximum absolute atomic E-state index is 4.83. The van der Waals surface area contributed by atoms with E-state index >= 15 is 0 Å². The van der Waals surface area contributed by atoms with Crippen LogP contribution in [0.4, 0.5) is 0 Å². The molecule has 0 bridgehead atoms. The van der Waals surface area contributed by atoms with Crippen molar-refractivity contribution in [1.29, 1.82) is 0 Å². The molecule has 12 heavy (non-hydrogen) atoms. The Morgan fingerprint density at radius 1 is 1.42 bits per heavy atom. The monoisotopic (exact) mass is 168 g/mol. The molecule has 2 nitrogen and oxygen atoms in total. The molecule has 0 aliphatic rings. The van der Waals surface area contributed by atoms with Gasteiger partial charge in [0, 0.05) is 12.5 Å². The zero-order valence-electron chi connectivity index (χ0n) is 7.99. The van der Waals surface area contributed by atoms with Gasteiger partial charge in [-0.15, -0.1) is 0 Å². The van der Waals surface area contributed by atoms with E-state index < -0.39 is 0 Å². The molecule has 0 aromatic heterocycles. The van der Waals surface area contributed by atoms with Crippen LogP contribution in [0.15, 0.2) is 25.2 Å². The van der Waals surface area contributed by atoms with E-state index in [1.54, 1.807) is 6.26 Å². The number of nitrogens with zero attached hydrogens (tertiary/aromatic N) is 1. The Kier molecular flexibility index (Phi) is 7.35. The van der Waals surface area contributed by atoms with Gasteiger partial charge in [-0.2, -0.15) is 0 Å². The van der Waals surface area contributed by atoms with Crippen LogP contribution in [0.5, 0.6) is 0 Å². The van der Waals surface area contributed by atoms with Crippen molar-refractivity contribution in [3.05, 3.63) is 25.2 Å². The van der Waals surface area contributed by atoms with E-state index in [1.165, 1.54) is 12.7 Å². The highest BCUT2D eigenvalue weighted by Gasteiger charge is 1.93. The zero-order chi connectivity index (χ0) is 9.23. The average Bonchev–Trinajstić information content (AvgIpc) is 2.10. The van der Waals surface area contributed by atoms with Crippen molar-refractivity contribution in [2.45, 2.75) is 20.3 Å². The van der Waals surface area contributed by atoms with E-state index in [0.717, 1.165) is 13.1 Å². The fourth-order valence-corrected chi connectivity index (χ4v) is 0.883. The number of ether oxygens (including phenoxy) is 1. The molecule has 0 N–H and O–H groups in total. The van der Waals surface area contributed by atoms with E-state index in [0.29, 0.717) is 0 Å². The van der Waals surface area contributed by atoms with Gasteiger partial charge in [-0.05, 0) is 6.92 Å². The van der Waals surface area contributed by atoms with Gasteiger partial charge in [0.15, 0.2) is 6.21 Å². The van der Waals surface area contributed by atoms with Crippen molar-refractivity contribution in [2.24, 2.45) is 0 Å². The summed E-state index contributed by atoms with van der Waals surface area (Å²) >= 11 is 0. The van der Waals surface area contributed by atoms with Crippen molar-refractivity contribution in [3.8, 4) is 0 Å². The Balaban J connectivity index is 3.83. The van der Waals surface area contributed by atoms with Crippen LogP contribution in [0.1, 0.15) is 20.3 Å². The summed E-state index contributed by atoms with van der Waals surface area (Å²) in [5, 5.41) is 0. The summed E-state index contributed by atoms with van der Waals surface area (Å²) < 4.78 is 7.06. The van der Waals surface area contributed by atoms with Crippen LogP contribution in [0.3, 0.4) is 0 Å². The molecule has 2 heteroatoms. The zero-order valence-corrected chi connectivity index (χ0v) is 7.99. The first-order valence-corrected chi connectivity index (χ1v) is 4.35. The summed E-state index contributed by atoms with van der Waals surface area (Å²) in [5.41, 5.74) is 0. The SMILES string of the molecule is C=CO/C=C/C=[N+](CC)CCC. The summed E-state index contributed by atoms with van der Waals surface area (Å²) in [4.78, 5) is 0. The van der Waals surface area contributed by atoms with Crippen LogP contribution in [0.2, 0.25) is 0 Å². The van der Waals surface area contributed by atoms with E-state index in [2.05, 4.69) is 25.0 Å². The Bertz CT molecular complexity index is 171. The Labute approximate surface area is 74.9 Å². The minimum absolute atomic E-state index is 1.03. The van der Waals surface area contributed by atoms with Crippen LogP contribution < -0.4 is 0 Å². The molecule has 0 fully saturated rings. The van der Waals surface area contributed by atoms with Crippen LogP contribution in [0.25, 0.3) is 0 Å². The summed E-state index contributed by atoms with van der Waals surface area (Å²) in [6, 6.07) is 0. The van der Waals surface area contributed by atoms with Crippen molar-refractivity contribution >= 4 is 6.21 Å². The second-order valence-electron chi connectivity index (χ2n) is 2.41. The molecule has 0 aliphatic heterocycles. The molecule has 0 atom stereocenters. The predicted molar refractivity (Wildman–Crippen MR) is 52.4 cm³/mol. The van der Waals surface area contributed by atoms with Gasteiger partial charge < -0.3 is 4.74 Å². The minimum Gasteiger partial charge on any atom is -0.473 e. The fraction of sp³-hybridized carbons (Fsp3) is 0.500. The standard InChI is InChI=1S/C10H18NO/c1-4-8-11(5-2)9-7-10-12-6-3/h6-7,9-10H,3-5,8H2,1-2H3/q+1/b10-7+,11-9?. The van der Waals surface area contributed by atoms with Crippen molar-refractivity contribution in [2.75, 3.05) is 13.1 Å². The quantitative estimate of drug-likeness (QED) is 0.336. The van der Waals surface area contributed by atoms with Gasteiger partial charge in [0.2, 0.25) is 0 Å². The van der Waals surface area contributed by atoms with Gasteiger partial charge in [0.05, 0.1) is 12.5 Å². The number of allylic oxidation sites excluding steroid dienone is 1. The van der Waals surface area contributed by atoms with Gasteiger partial charge in [0.25, 0.3) is 0 Å². The summed E-state index contributed by atoms with van der Waals surface area (Å²) in [5.74, 6) is 0. The molecule has 0 spiro atoms. The predicted octanol–water partition coefficient (Wildman–Crippen LogP) is 2.17. The van der Waals surface area contributed by atoms with Gasteiger partial charge in [-0.3, -0.25) is 0 Å². The van der Waals surface area contributed by atoms with Crippen molar-refractivity contribution < 1.29 is 9.31 Å². The normalized spacial score (nSPS) is 12.0. The van der Waals surface area contributed by atoms with Gasteiger partial charge in [0.1, 0.15) is 13.1 Å². The van der Waals surface area contributed by atoms with Crippen LogP contribution in [0, 0.1) is 0 Å². The number of hydrogen-bond donors (Lipinski definition) is 0. The molecule has 0 saturated heterocycles.